The molecule has 0 heterocycles. The molecule has 0 aliphatic carbocycles. The number of carbonyl (C=O) groups is 1. The molecule has 4 nitrogen and oxygen atoms in total. The maximum absolute atomic E-state index is 11.8. The highest BCUT2D eigenvalue weighted by molar-refractivity contribution is 6.55. The number of benzene rings is 2. The van der Waals surface area contributed by atoms with E-state index in [1.165, 1.54) is 6.08 Å². The molecule has 0 atom stereocenters. The molecule has 0 aromatic heterocycles. The molecule has 2 aromatic rings. The van der Waals surface area contributed by atoms with Crippen molar-refractivity contribution in [3.8, 4) is 11.5 Å². The molecular formula is C18H13Cl5O4. The second-order valence-corrected chi connectivity index (χ2v) is 7.34. The smallest absolute Gasteiger partial charge is 0.344 e. The molecule has 2 aromatic carbocycles. The average Bonchev–Trinajstić information content (AvgIpc) is 2.59. The molecule has 0 aliphatic rings. The molecule has 0 radical (unpaired) electrons. The van der Waals surface area contributed by atoms with Gasteiger partial charge in [-0.05, 0) is 36.4 Å². The summed E-state index contributed by atoms with van der Waals surface area (Å²) in [6.07, 6.45) is 1.47. The van der Waals surface area contributed by atoms with Crippen LogP contribution in [0.5, 0.6) is 11.5 Å². The maximum atomic E-state index is 11.8. The van der Waals surface area contributed by atoms with Gasteiger partial charge in [-0.2, -0.15) is 0 Å². The van der Waals surface area contributed by atoms with Crippen molar-refractivity contribution in [2.45, 2.75) is 6.61 Å². The lowest BCUT2D eigenvalue weighted by Gasteiger charge is -2.12. The lowest BCUT2D eigenvalue weighted by molar-refractivity contribution is -0.147. The van der Waals surface area contributed by atoms with Gasteiger partial charge in [0.25, 0.3) is 0 Å². The molecule has 0 aliphatic heterocycles. The molecule has 144 valence electrons. The van der Waals surface area contributed by atoms with E-state index in [1.807, 2.05) is 0 Å². The topological polar surface area (TPSA) is 44.8 Å². The number of esters is 1. The highest BCUT2D eigenvalue weighted by atomic mass is 35.5. The summed E-state index contributed by atoms with van der Waals surface area (Å²) in [5, 5.41) is 1.09. The van der Waals surface area contributed by atoms with Crippen LogP contribution >= 0.6 is 58.0 Å². The van der Waals surface area contributed by atoms with E-state index < -0.39 is 5.97 Å². The van der Waals surface area contributed by atoms with E-state index in [0.717, 1.165) is 0 Å². The fourth-order valence-electron chi connectivity index (χ4n) is 1.90. The first-order valence-corrected chi connectivity index (χ1v) is 9.40. The lowest BCUT2D eigenvalue weighted by Crippen LogP contribution is -2.15. The van der Waals surface area contributed by atoms with E-state index in [-0.39, 0.29) is 24.3 Å². The average molecular weight is 471 g/mol. The fourth-order valence-corrected chi connectivity index (χ4v) is 2.78. The van der Waals surface area contributed by atoms with Crippen LogP contribution in [0.1, 0.15) is 5.56 Å². The zero-order chi connectivity index (χ0) is 19.8. The Morgan fingerprint density at radius 2 is 1.67 bits per heavy atom. The third-order valence-corrected chi connectivity index (χ3v) is 4.35. The second kappa shape index (κ2) is 10.9. The zero-order valence-electron chi connectivity index (χ0n) is 13.7. The first-order chi connectivity index (χ1) is 12.8. The monoisotopic (exact) mass is 468 g/mol. The van der Waals surface area contributed by atoms with Gasteiger partial charge in [-0.25, -0.2) is 4.79 Å². The molecule has 0 spiro atoms. The quantitative estimate of drug-likeness (QED) is 0.415. The van der Waals surface area contributed by atoms with E-state index in [0.29, 0.717) is 32.1 Å². The normalized spacial score (nSPS) is 10.3. The molecule has 0 bridgehead atoms. The van der Waals surface area contributed by atoms with Gasteiger partial charge in [0.1, 0.15) is 29.2 Å². The maximum Gasteiger partial charge on any atom is 0.344 e. The third kappa shape index (κ3) is 7.68. The Bertz CT molecular complexity index is 811. The van der Waals surface area contributed by atoms with E-state index in [9.17, 15) is 4.79 Å². The Hall–Kier alpha value is -1.30. The van der Waals surface area contributed by atoms with Crippen LogP contribution in [0.25, 0.3) is 0 Å². The molecule has 0 saturated heterocycles. The molecule has 0 fully saturated rings. The van der Waals surface area contributed by atoms with Gasteiger partial charge in [-0.3, -0.25) is 0 Å². The standard InChI is InChI=1S/C18H13Cl5O4/c19-11-2-1-3-12(6-11)26-10-18(24)27-9-14-15(20)7-13(8-16(14)21)25-5-4-17(22)23/h1-4,6-8H,5,9-10H2. The van der Waals surface area contributed by atoms with Gasteiger partial charge in [0.2, 0.25) is 0 Å². The van der Waals surface area contributed by atoms with Gasteiger partial charge in [0.05, 0.1) is 10.0 Å². The van der Waals surface area contributed by atoms with Gasteiger partial charge >= 0.3 is 5.97 Å². The van der Waals surface area contributed by atoms with Crippen LogP contribution < -0.4 is 9.47 Å². The van der Waals surface area contributed by atoms with Crippen LogP contribution in [-0.4, -0.2) is 19.2 Å². The molecule has 9 heteroatoms. The number of ether oxygens (including phenoxy) is 3. The van der Waals surface area contributed by atoms with E-state index in [1.54, 1.807) is 36.4 Å². The van der Waals surface area contributed by atoms with E-state index >= 15 is 0 Å². The minimum absolute atomic E-state index is 0.0933. The SMILES string of the molecule is O=C(COc1cccc(Cl)c1)OCc1c(Cl)cc(OCC=C(Cl)Cl)cc1Cl. The van der Waals surface area contributed by atoms with Crippen LogP contribution in [0.15, 0.2) is 47.0 Å². The van der Waals surface area contributed by atoms with E-state index in [4.69, 9.17) is 72.2 Å². The third-order valence-electron chi connectivity index (χ3n) is 3.13. The summed E-state index contributed by atoms with van der Waals surface area (Å²) in [4.78, 5) is 11.8. The Morgan fingerprint density at radius 1 is 0.963 bits per heavy atom. The predicted molar refractivity (Wildman–Crippen MR) is 108 cm³/mol. The van der Waals surface area contributed by atoms with Crippen molar-refractivity contribution in [3.63, 3.8) is 0 Å². The first-order valence-electron chi connectivity index (χ1n) is 7.51. The zero-order valence-corrected chi connectivity index (χ0v) is 17.5. The van der Waals surface area contributed by atoms with Crippen molar-refractivity contribution in [1.82, 2.24) is 0 Å². The van der Waals surface area contributed by atoms with Crippen LogP contribution in [-0.2, 0) is 16.1 Å². The molecular weight excluding hydrogens is 457 g/mol. The second-order valence-electron chi connectivity index (χ2n) is 5.08. The van der Waals surface area contributed by atoms with Crippen LogP contribution in [0.4, 0.5) is 0 Å². The Balaban J connectivity index is 1.89. The summed E-state index contributed by atoms with van der Waals surface area (Å²) in [5.41, 5.74) is 0.452. The minimum atomic E-state index is -0.579. The first kappa shape index (κ1) is 22.0. The molecule has 2 rings (SSSR count). The van der Waals surface area contributed by atoms with Crippen molar-refractivity contribution in [2.24, 2.45) is 0 Å². The van der Waals surface area contributed by atoms with Gasteiger partial charge in [0.15, 0.2) is 6.61 Å². The molecule has 0 saturated carbocycles. The van der Waals surface area contributed by atoms with Crippen LogP contribution in [0.2, 0.25) is 15.1 Å². The highest BCUT2D eigenvalue weighted by Gasteiger charge is 2.12. The van der Waals surface area contributed by atoms with Crippen molar-refractivity contribution in [3.05, 3.63) is 67.6 Å². The summed E-state index contributed by atoms with van der Waals surface area (Å²) in [7, 11) is 0. The summed E-state index contributed by atoms with van der Waals surface area (Å²) in [5.74, 6) is 0.308. The van der Waals surface area contributed by atoms with Crippen LogP contribution in [0.3, 0.4) is 0 Å². The van der Waals surface area contributed by atoms with Gasteiger partial charge < -0.3 is 14.2 Å². The number of rotatable bonds is 8. The number of hydrogen-bond donors (Lipinski definition) is 0. The molecule has 27 heavy (non-hydrogen) atoms. The van der Waals surface area contributed by atoms with Gasteiger partial charge in [-0.1, -0.05) is 64.1 Å². The predicted octanol–water partition coefficient (Wildman–Crippen LogP) is 6.47. The fraction of sp³-hybridized carbons (Fsp3) is 0.167. The van der Waals surface area contributed by atoms with Crippen molar-refractivity contribution in [2.75, 3.05) is 13.2 Å². The summed E-state index contributed by atoms with van der Waals surface area (Å²) < 4.78 is 15.9. The van der Waals surface area contributed by atoms with Gasteiger partial charge in [0, 0.05) is 10.6 Å². The molecule has 0 amide bonds. The van der Waals surface area contributed by atoms with Crippen molar-refractivity contribution in [1.29, 1.82) is 0 Å². The summed E-state index contributed by atoms with van der Waals surface area (Å²) in [6.45, 7) is -0.227. The highest BCUT2D eigenvalue weighted by Crippen LogP contribution is 2.31. The Labute approximate surface area is 181 Å². The van der Waals surface area contributed by atoms with Crippen molar-refractivity contribution >= 4 is 64.0 Å². The van der Waals surface area contributed by atoms with Crippen molar-refractivity contribution < 1.29 is 19.0 Å². The molecule has 0 N–H and O–H groups in total. The van der Waals surface area contributed by atoms with Gasteiger partial charge in [-0.15, -0.1) is 0 Å². The minimum Gasteiger partial charge on any atom is -0.489 e. The van der Waals surface area contributed by atoms with E-state index in [2.05, 4.69) is 0 Å². The largest absolute Gasteiger partial charge is 0.489 e. The number of halogens is 5. The number of carbonyl (C=O) groups excluding carboxylic acids is 1. The Kier molecular flexibility index (Phi) is 8.87. The number of hydrogen-bond acceptors (Lipinski definition) is 4. The summed E-state index contributed by atoms with van der Waals surface area (Å²) >= 11 is 29.2. The van der Waals surface area contributed by atoms with Crippen LogP contribution in [0, 0.1) is 0 Å². The summed E-state index contributed by atoms with van der Waals surface area (Å²) in [6, 6.07) is 9.78. The molecule has 0 unspecified atom stereocenters. The Morgan fingerprint density at radius 3 is 2.30 bits per heavy atom. The lowest BCUT2D eigenvalue weighted by atomic mass is 10.2.